The van der Waals surface area contributed by atoms with Crippen LogP contribution in [0.5, 0.6) is 0 Å². The van der Waals surface area contributed by atoms with Gasteiger partial charge in [0.2, 0.25) is 0 Å². The number of hydrogen-bond acceptors (Lipinski definition) is 6. The van der Waals surface area contributed by atoms with E-state index in [0.717, 1.165) is 39.8 Å². The molecule has 0 aliphatic heterocycles. The number of aromatic nitrogens is 3. The molecule has 3 aromatic heterocycles. The zero-order valence-corrected chi connectivity index (χ0v) is 17.5. The van der Waals surface area contributed by atoms with Crippen molar-refractivity contribution in [1.29, 1.82) is 0 Å². The molecule has 0 aliphatic rings. The number of nitrogens with one attached hydrogen (secondary N) is 2. The molecule has 0 amide bonds. The molecule has 1 aromatic carbocycles. The second kappa shape index (κ2) is 8.15. The number of rotatable bonds is 6. The lowest BCUT2D eigenvalue weighted by molar-refractivity contribution is 0.797. The number of nitrogens with zero attached hydrogens (tertiary/aromatic N) is 4. The molecule has 0 spiro atoms. The van der Waals surface area contributed by atoms with E-state index in [1.54, 1.807) is 17.6 Å². The number of thiazole rings is 1. The maximum Gasteiger partial charge on any atom is 0.137 e. The molecule has 4 rings (SSSR count). The molecule has 2 N–H and O–H groups in total. The number of halogens is 1. The largest absolute Gasteiger partial charge is 0.314 e. The van der Waals surface area contributed by atoms with Crippen molar-refractivity contribution in [2.24, 2.45) is 5.10 Å². The number of imidazole rings is 1. The molecule has 8 heteroatoms. The van der Waals surface area contributed by atoms with Crippen molar-refractivity contribution in [3.63, 3.8) is 0 Å². The highest BCUT2D eigenvalue weighted by molar-refractivity contribution is 14.1. The lowest BCUT2D eigenvalue weighted by atomic mass is 10.1. The summed E-state index contributed by atoms with van der Waals surface area (Å²) in [6.07, 6.45) is 5.85. The first-order valence-electron chi connectivity index (χ1n) is 8.34. The topological polar surface area (TPSA) is 66.6 Å². The Kier molecular flexibility index (Phi) is 5.46. The van der Waals surface area contributed by atoms with Crippen molar-refractivity contribution < 1.29 is 0 Å². The number of fused-ring (bicyclic) bond motifs is 1. The Bertz CT molecular complexity index is 1080. The first kappa shape index (κ1) is 18.1. The fraction of sp³-hybridized carbons (Fsp3) is 0.105. The third-order valence-electron chi connectivity index (χ3n) is 3.89. The zero-order chi connectivity index (χ0) is 18.6. The second-order valence-electron chi connectivity index (χ2n) is 5.89. The van der Waals surface area contributed by atoms with Gasteiger partial charge in [-0.25, -0.2) is 9.97 Å². The van der Waals surface area contributed by atoms with E-state index in [4.69, 9.17) is 0 Å². The van der Waals surface area contributed by atoms with Crippen LogP contribution in [-0.2, 0) is 6.54 Å². The Morgan fingerprint density at radius 2 is 2.00 bits per heavy atom. The third kappa shape index (κ3) is 4.34. The summed E-state index contributed by atoms with van der Waals surface area (Å²) in [6.45, 7) is 0.765. The summed E-state index contributed by atoms with van der Waals surface area (Å²) in [5.74, 6) is 0. The van der Waals surface area contributed by atoms with E-state index >= 15 is 0 Å². The van der Waals surface area contributed by atoms with Crippen LogP contribution in [0.3, 0.4) is 0 Å². The highest BCUT2D eigenvalue weighted by Gasteiger charge is 2.05. The van der Waals surface area contributed by atoms with Crippen LogP contribution in [0.25, 0.3) is 16.9 Å². The van der Waals surface area contributed by atoms with Gasteiger partial charge in [-0.3, -0.25) is 5.43 Å². The average Bonchev–Trinajstić information content (AvgIpc) is 3.29. The van der Waals surface area contributed by atoms with Crippen molar-refractivity contribution in [1.82, 2.24) is 19.7 Å². The molecule has 3 heterocycles. The molecular formula is C19H17IN6S. The van der Waals surface area contributed by atoms with Crippen LogP contribution < -0.4 is 10.7 Å². The van der Waals surface area contributed by atoms with Gasteiger partial charge in [-0.05, 0) is 53.9 Å². The van der Waals surface area contributed by atoms with E-state index < -0.39 is 0 Å². The Balaban J connectivity index is 1.44. The van der Waals surface area contributed by atoms with Crippen LogP contribution in [-0.4, -0.2) is 27.6 Å². The van der Waals surface area contributed by atoms with E-state index in [-0.39, 0.29) is 0 Å². The molecule has 0 saturated carbocycles. The molecule has 0 bridgehead atoms. The van der Waals surface area contributed by atoms with E-state index in [1.807, 2.05) is 53.4 Å². The van der Waals surface area contributed by atoms with Gasteiger partial charge >= 0.3 is 0 Å². The Hall–Kier alpha value is -2.30. The average molecular weight is 488 g/mol. The molecule has 0 saturated heterocycles. The summed E-state index contributed by atoms with van der Waals surface area (Å²) in [7, 11) is 1.91. The molecule has 0 aliphatic carbocycles. The van der Waals surface area contributed by atoms with Crippen LogP contribution in [0.4, 0.5) is 5.69 Å². The van der Waals surface area contributed by atoms with Gasteiger partial charge in [-0.2, -0.15) is 5.10 Å². The fourth-order valence-electron chi connectivity index (χ4n) is 2.63. The lowest BCUT2D eigenvalue weighted by Crippen LogP contribution is -2.05. The predicted octanol–water partition coefficient (Wildman–Crippen LogP) is 4.23. The normalized spacial score (nSPS) is 11.5. The molecule has 0 radical (unpaired) electrons. The van der Waals surface area contributed by atoms with E-state index in [1.165, 1.54) is 3.57 Å². The van der Waals surface area contributed by atoms with E-state index in [0.29, 0.717) is 0 Å². The molecule has 6 nitrogen and oxygen atoms in total. The Morgan fingerprint density at radius 1 is 1.15 bits per heavy atom. The number of hydrazone groups is 1. The maximum absolute atomic E-state index is 4.67. The summed E-state index contributed by atoms with van der Waals surface area (Å²) >= 11 is 3.88. The van der Waals surface area contributed by atoms with Crippen LogP contribution in [0.2, 0.25) is 0 Å². The van der Waals surface area contributed by atoms with Crippen LogP contribution in [0.15, 0.2) is 59.3 Å². The van der Waals surface area contributed by atoms with E-state index in [9.17, 15) is 0 Å². The van der Waals surface area contributed by atoms with E-state index in [2.05, 4.69) is 60.7 Å². The van der Waals surface area contributed by atoms with Gasteiger partial charge in [0.25, 0.3) is 0 Å². The Morgan fingerprint density at radius 3 is 2.81 bits per heavy atom. The smallest absolute Gasteiger partial charge is 0.137 e. The van der Waals surface area contributed by atoms with Gasteiger partial charge in [0.05, 0.1) is 23.3 Å². The maximum atomic E-state index is 4.67. The second-order valence-corrected chi connectivity index (χ2v) is 8.03. The quantitative estimate of drug-likeness (QED) is 0.242. The number of hydrogen-bond donors (Lipinski definition) is 2. The minimum Gasteiger partial charge on any atom is -0.314 e. The van der Waals surface area contributed by atoms with Gasteiger partial charge in [0.1, 0.15) is 10.7 Å². The summed E-state index contributed by atoms with van der Waals surface area (Å²) in [5, 5.41) is 10.3. The lowest BCUT2D eigenvalue weighted by Gasteiger charge is -2.01. The molecule has 0 unspecified atom stereocenters. The fourth-order valence-corrected chi connectivity index (χ4v) is 3.78. The first-order valence-corrected chi connectivity index (χ1v) is 10.3. The van der Waals surface area contributed by atoms with Gasteiger partial charge in [0, 0.05) is 33.5 Å². The van der Waals surface area contributed by atoms with Crippen molar-refractivity contribution in [3.05, 3.63) is 68.4 Å². The predicted molar refractivity (Wildman–Crippen MR) is 119 cm³/mol. The van der Waals surface area contributed by atoms with Crippen molar-refractivity contribution in [2.75, 3.05) is 12.5 Å². The van der Waals surface area contributed by atoms with Crippen LogP contribution in [0.1, 0.15) is 10.7 Å². The van der Waals surface area contributed by atoms with Gasteiger partial charge in [0.15, 0.2) is 0 Å². The molecule has 136 valence electrons. The first-order chi connectivity index (χ1) is 13.2. The summed E-state index contributed by atoms with van der Waals surface area (Å²) in [4.78, 5) is 9.14. The number of pyridine rings is 1. The Labute approximate surface area is 174 Å². The highest BCUT2D eigenvalue weighted by atomic mass is 127. The monoisotopic (exact) mass is 488 g/mol. The molecule has 27 heavy (non-hydrogen) atoms. The summed E-state index contributed by atoms with van der Waals surface area (Å²) < 4.78 is 3.23. The molecule has 0 fully saturated rings. The number of benzene rings is 1. The summed E-state index contributed by atoms with van der Waals surface area (Å²) in [6, 6.07) is 12.2. The standard InChI is InChI=1S/C19H17IN6S/c1-21-8-16-12-27-19(23-16)9-22-25-15-5-2-13(3-6-15)17-11-26-10-14(20)4-7-18(26)24-17/h2-7,9-12,21,25H,8H2,1H3/b22-9+. The van der Waals surface area contributed by atoms with Crippen molar-refractivity contribution in [3.8, 4) is 11.3 Å². The molecule has 4 aromatic rings. The minimum absolute atomic E-state index is 0.765. The minimum atomic E-state index is 0.765. The highest BCUT2D eigenvalue weighted by Crippen LogP contribution is 2.22. The zero-order valence-electron chi connectivity index (χ0n) is 14.6. The summed E-state index contributed by atoms with van der Waals surface area (Å²) in [5.41, 5.74) is 7.94. The van der Waals surface area contributed by atoms with Gasteiger partial charge in [-0.1, -0.05) is 12.1 Å². The third-order valence-corrected chi connectivity index (χ3v) is 5.36. The molecular weight excluding hydrogens is 471 g/mol. The van der Waals surface area contributed by atoms with Crippen LogP contribution >= 0.6 is 33.9 Å². The van der Waals surface area contributed by atoms with Crippen LogP contribution in [0, 0.1) is 3.57 Å². The van der Waals surface area contributed by atoms with Crippen molar-refractivity contribution in [2.45, 2.75) is 6.54 Å². The van der Waals surface area contributed by atoms with Gasteiger partial charge in [-0.15, -0.1) is 11.3 Å². The van der Waals surface area contributed by atoms with Gasteiger partial charge < -0.3 is 9.72 Å². The number of anilines is 1. The SMILES string of the molecule is CNCc1csc(/C=N/Nc2ccc(-c3cn4cc(I)ccc4n3)cc2)n1. The molecule has 0 atom stereocenters. The van der Waals surface area contributed by atoms with Crippen molar-refractivity contribution >= 4 is 51.5 Å².